The number of fused-ring (bicyclic) bond motifs is 4. The minimum Gasteiger partial charge on any atom is -0.354 e. The first kappa shape index (κ1) is 18.9. The lowest BCUT2D eigenvalue weighted by Crippen LogP contribution is -2.12. The number of aromatic nitrogens is 1. The number of aryl methyl sites for hydroxylation is 2. The quantitative estimate of drug-likeness (QED) is 0.312. The molecule has 0 saturated heterocycles. The molecule has 0 radical (unpaired) electrons. The van der Waals surface area contributed by atoms with E-state index in [1.807, 2.05) is 24.3 Å². The molecule has 0 aliphatic carbocycles. The molecule has 0 aliphatic heterocycles. The highest BCUT2D eigenvalue weighted by molar-refractivity contribution is 7.21. The van der Waals surface area contributed by atoms with E-state index in [1.165, 1.54) is 31.9 Å². The maximum Gasteiger partial charge on any atom is 0.266 e. The number of thiophene rings is 1. The third-order valence-corrected chi connectivity index (χ3v) is 6.98. The molecule has 4 heteroatoms. The smallest absolute Gasteiger partial charge is 0.266 e. The minimum atomic E-state index is -0.0237. The van der Waals surface area contributed by atoms with Crippen molar-refractivity contribution >= 4 is 54.8 Å². The van der Waals surface area contributed by atoms with E-state index in [4.69, 9.17) is 0 Å². The lowest BCUT2D eigenvalue weighted by Gasteiger charge is -2.06. The number of para-hydroxylation sites is 1. The van der Waals surface area contributed by atoms with Gasteiger partial charge in [0.15, 0.2) is 0 Å². The summed E-state index contributed by atoms with van der Waals surface area (Å²) in [7, 11) is 0. The van der Waals surface area contributed by atoms with Crippen LogP contribution in [0.2, 0.25) is 0 Å². The first-order chi connectivity index (χ1) is 14.7. The molecule has 0 spiro atoms. The zero-order valence-corrected chi connectivity index (χ0v) is 18.0. The van der Waals surface area contributed by atoms with Crippen LogP contribution in [0.4, 0.5) is 5.69 Å². The van der Waals surface area contributed by atoms with Crippen molar-refractivity contribution in [1.82, 2.24) is 4.98 Å². The number of carbonyl (C=O) groups is 1. The fourth-order valence-corrected chi connectivity index (χ4v) is 5.48. The number of anilines is 1. The second-order valence-electron chi connectivity index (χ2n) is 7.69. The lowest BCUT2D eigenvalue weighted by molar-refractivity contribution is 0.103. The van der Waals surface area contributed by atoms with Crippen LogP contribution >= 0.6 is 11.3 Å². The molecule has 3 aromatic carbocycles. The molecule has 0 saturated carbocycles. The fourth-order valence-electron chi connectivity index (χ4n) is 4.33. The van der Waals surface area contributed by atoms with E-state index in [-0.39, 0.29) is 5.91 Å². The largest absolute Gasteiger partial charge is 0.354 e. The zero-order chi connectivity index (χ0) is 20.7. The van der Waals surface area contributed by atoms with Gasteiger partial charge in [0.2, 0.25) is 0 Å². The monoisotopic (exact) mass is 412 g/mol. The molecule has 3 nitrogen and oxygen atoms in total. The van der Waals surface area contributed by atoms with E-state index in [9.17, 15) is 4.79 Å². The van der Waals surface area contributed by atoms with Crippen LogP contribution in [0.1, 0.15) is 41.1 Å². The Balaban J connectivity index is 1.53. The van der Waals surface area contributed by atoms with Gasteiger partial charge in [-0.2, -0.15) is 0 Å². The lowest BCUT2D eigenvalue weighted by atomic mass is 10.1. The number of hydrogen-bond acceptors (Lipinski definition) is 2. The average Bonchev–Trinajstić information content (AvgIpc) is 3.32. The van der Waals surface area contributed by atoms with E-state index in [1.54, 1.807) is 11.3 Å². The highest BCUT2D eigenvalue weighted by atomic mass is 32.1. The van der Waals surface area contributed by atoms with Gasteiger partial charge in [-0.25, -0.2) is 0 Å². The maximum atomic E-state index is 13.2. The Labute approximate surface area is 179 Å². The predicted molar refractivity (Wildman–Crippen MR) is 129 cm³/mol. The average molecular weight is 413 g/mol. The molecular weight excluding hydrogens is 388 g/mol. The number of rotatable bonds is 5. The van der Waals surface area contributed by atoms with Crippen LogP contribution in [0.3, 0.4) is 0 Å². The van der Waals surface area contributed by atoms with Gasteiger partial charge in [0, 0.05) is 32.2 Å². The van der Waals surface area contributed by atoms with Crippen LogP contribution in [0.15, 0.2) is 60.7 Å². The maximum absolute atomic E-state index is 13.2. The van der Waals surface area contributed by atoms with Gasteiger partial charge < -0.3 is 10.3 Å². The van der Waals surface area contributed by atoms with Crippen molar-refractivity contribution in [3.05, 3.63) is 76.7 Å². The van der Waals surface area contributed by atoms with Crippen molar-refractivity contribution in [2.75, 3.05) is 5.32 Å². The minimum absolute atomic E-state index is 0.0237. The second kappa shape index (κ2) is 7.62. The second-order valence-corrected chi connectivity index (χ2v) is 8.74. The van der Waals surface area contributed by atoms with Gasteiger partial charge in [0.25, 0.3) is 5.91 Å². The molecule has 0 atom stereocenters. The van der Waals surface area contributed by atoms with Crippen LogP contribution in [0.25, 0.3) is 31.9 Å². The summed E-state index contributed by atoms with van der Waals surface area (Å²) < 4.78 is 1.17. The van der Waals surface area contributed by atoms with E-state index >= 15 is 0 Å². The molecule has 1 amide bonds. The molecule has 5 aromatic rings. The molecule has 2 heterocycles. The molecule has 2 N–H and O–H groups in total. The van der Waals surface area contributed by atoms with Crippen LogP contribution in [0.5, 0.6) is 0 Å². The number of hydrogen-bond donors (Lipinski definition) is 2. The van der Waals surface area contributed by atoms with Crippen LogP contribution in [-0.2, 0) is 12.8 Å². The Morgan fingerprint density at radius 2 is 1.80 bits per heavy atom. The molecule has 150 valence electrons. The van der Waals surface area contributed by atoms with Crippen LogP contribution in [0, 0.1) is 0 Å². The predicted octanol–water partition coefficient (Wildman–Crippen LogP) is 7.30. The number of nitrogens with one attached hydrogen (secondary N) is 2. The third-order valence-electron chi connectivity index (χ3n) is 5.76. The summed E-state index contributed by atoms with van der Waals surface area (Å²) in [6.07, 6.45) is 2.91. The highest BCUT2D eigenvalue weighted by Crippen LogP contribution is 2.34. The topological polar surface area (TPSA) is 44.9 Å². The normalized spacial score (nSPS) is 11.5. The Morgan fingerprint density at radius 1 is 0.967 bits per heavy atom. The Kier molecular flexibility index (Phi) is 4.80. The van der Waals surface area contributed by atoms with Crippen molar-refractivity contribution in [1.29, 1.82) is 0 Å². The van der Waals surface area contributed by atoms with Gasteiger partial charge in [0.1, 0.15) is 0 Å². The van der Waals surface area contributed by atoms with E-state index in [0.29, 0.717) is 0 Å². The standard InChI is InChI=1S/C26H24N2OS/c1-3-8-21-19-10-5-6-12-23(19)30-25(21)26(29)27-17-13-14-18-20-11-7-9-16(4-2)24(20)28-22(18)15-17/h5-7,9-15,28H,3-4,8H2,1-2H3,(H,27,29). The van der Waals surface area contributed by atoms with Crippen molar-refractivity contribution in [2.45, 2.75) is 33.1 Å². The van der Waals surface area contributed by atoms with Crippen LogP contribution in [-0.4, -0.2) is 10.9 Å². The molecule has 2 aromatic heterocycles. The van der Waals surface area contributed by atoms with Crippen LogP contribution < -0.4 is 5.32 Å². The van der Waals surface area contributed by atoms with Crippen molar-refractivity contribution in [2.24, 2.45) is 0 Å². The van der Waals surface area contributed by atoms with Crippen molar-refractivity contribution < 1.29 is 4.79 Å². The summed E-state index contributed by atoms with van der Waals surface area (Å²) in [6, 6.07) is 20.9. The Bertz CT molecular complexity index is 1390. The number of amides is 1. The summed E-state index contributed by atoms with van der Waals surface area (Å²) >= 11 is 1.58. The third kappa shape index (κ3) is 3.08. The van der Waals surface area contributed by atoms with Crippen molar-refractivity contribution in [3.8, 4) is 0 Å². The van der Waals surface area contributed by atoms with Gasteiger partial charge in [-0.05, 0) is 47.6 Å². The zero-order valence-electron chi connectivity index (χ0n) is 17.2. The van der Waals surface area contributed by atoms with Gasteiger partial charge in [-0.1, -0.05) is 62.7 Å². The summed E-state index contributed by atoms with van der Waals surface area (Å²) in [6.45, 7) is 4.33. The molecule has 0 unspecified atom stereocenters. The van der Waals surface area contributed by atoms with E-state index in [0.717, 1.165) is 40.9 Å². The Morgan fingerprint density at radius 3 is 2.63 bits per heavy atom. The fraction of sp³-hybridized carbons (Fsp3) is 0.192. The summed E-state index contributed by atoms with van der Waals surface area (Å²) in [5.74, 6) is -0.0237. The first-order valence-corrected chi connectivity index (χ1v) is 11.4. The van der Waals surface area contributed by atoms with E-state index < -0.39 is 0 Å². The van der Waals surface area contributed by atoms with Crippen molar-refractivity contribution in [3.63, 3.8) is 0 Å². The molecule has 0 fully saturated rings. The summed E-state index contributed by atoms with van der Waals surface area (Å²) in [5, 5.41) is 6.76. The molecular formula is C26H24N2OS. The number of benzene rings is 3. The molecule has 5 rings (SSSR count). The summed E-state index contributed by atoms with van der Waals surface area (Å²) in [5.41, 5.74) is 5.53. The molecule has 30 heavy (non-hydrogen) atoms. The summed E-state index contributed by atoms with van der Waals surface area (Å²) in [4.78, 5) is 17.6. The number of aromatic amines is 1. The first-order valence-electron chi connectivity index (χ1n) is 10.5. The van der Waals surface area contributed by atoms with Gasteiger partial charge >= 0.3 is 0 Å². The highest BCUT2D eigenvalue weighted by Gasteiger charge is 2.18. The molecule has 0 bridgehead atoms. The molecule has 0 aliphatic rings. The van der Waals surface area contributed by atoms with Gasteiger partial charge in [-0.3, -0.25) is 4.79 Å². The Hall–Kier alpha value is -3.11. The van der Waals surface area contributed by atoms with Gasteiger partial charge in [-0.15, -0.1) is 11.3 Å². The number of carbonyl (C=O) groups excluding carboxylic acids is 1. The van der Waals surface area contributed by atoms with E-state index in [2.05, 4.69) is 60.5 Å². The van der Waals surface area contributed by atoms with Gasteiger partial charge in [0.05, 0.1) is 4.88 Å². The SMILES string of the molecule is CCCc1c(C(=O)Nc2ccc3c(c2)[nH]c2c(CC)cccc23)sc2ccccc12. The number of H-pyrrole nitrogens is 1.